The number of H-pyrrole nitrogens is 1. The van der Waals surface area contributed by atoms with Crippen molar-refractivity contribution in [3.63, 3.8) is 0 Å². The number of carbonyl (C=O) groups excluding carboxylic acids is 2. The maximum Gasteiger partial charge on any atom is 0.265 e. The van der Waals surface area contributed by atoms with Crippen LogP contribution in [0.1, 0.15) is 36.3 Å². The number of primary amides is 1. The number of rotatable bonds is 7. The lowest BCUT2D eigenvalue weighted by molar-refractivity contribution is -0.115. The highest BCUT2D eigenvalue weighted by atomic mass is 32.2. The summed E-state index contributed by atoms with van der Waals surface area (Å²) in [6.07, 6.45) is 3.78. The molecule has 0 spiro atoms. The third-order valence-corrected chi connectivity index (χ3v) is 5.79. The Kier molecular flexibility index (Phi) is 4.66. The highest BCUT2D eigenvalue weighted by Gasteiger charge is 2.29. The molecule has 0 aromatic carbocycles. The Balaban J connectivity index is 1.39. The summed E-state index contributed by atoms with van der Waals surface area (Å²) in [6, 6.07) is 1.98. The van der Waals surface area contributed by atoms with E-state index in [0.717, 1.165) is 18.4 Å². The maximum absolute atomic E-state index is 12.5. The van der Waals surface area contributed by atoms with Gasteiger partial charge in [-0.05, 0) is 36.3 Å². The number of amides is 2. The topological polar surface area (TPSA) is 144 Å². The highest BCUT2D eigenvalue weighted by molar-refractivity contribution is 8.00. The molecule has 0 bridgehead atoms. The molecule has 12 heteroatoms. The summed E-state index contributed by atoms with van der Waals surface area (Å²) in [6.45, 7) is 1.80. The minimum atomic E-state index is -0.538. The second kappa shape index (κ2) is 7.12. The van der Waals surface area contributed by atoms with Crippen molar-refractivity contribution in [2.24, 2.45) is 5.73 Å². The summed E-state index contributed by atoms with van der Waals surface area (Å²) in [7, 11) is 0. The van der Waals surface area contributed by atoms with E-state index in [2.05, 4.69) is 30.8 Å². The fourth-order valence-corrected chi connectivity index (χ4v) is 3.96. The van der Waals surface area contributed by atoms with Crippen LogP contribution in [0.15, 0.2) is 22.8 Å². The standard InChI is InChI=1S/C15H16N8O2S2/c1-7(27-15-20-21-22-23(15)9-2-3-9)13(25)19-14-18-11(6-26-14)8-4-10(12(16)24)17-5-8/h4-7,9,17H,2-3H2,1H3,(H2,16,24)(H,18,19,25). The van der Waals surface area contributed by atoms with Crippen LogP contribution in [0.25, 0.3) is 11.3 Å². The maximum atomic E-state index is 12.5. The molecule has 27 heavy (non-hydrogen) atoms. The Hall–Kier alpha value is -2.73. The minimum absolute atomic E-state index is 0.182. The third-order valence-electron chi connectivity index (χ3n) is 3.99. The van der Waals surface area contributed by atoms with Gasteiger partial charge in [0.05, 0.1) is 17.0 Å². The van der Waals surface area contributed by atoms with Crippen LogP contribution in [0.5, 0.6) is 0 Å². The quantitative estimate of drug-likeness (QED) is 0.508. The van der Waals surface area contributed by atoms with Gasteiger partial charge >= 0.3 is 0 Å². The van der Waals surface area contributed by atoms with E-state index < -0.39 is 5.91 Å². The second-order valence-electron chi connectivity index (χ2n) is 6.09. The second-order valence-corrected chi connectivity index (χ2v) is 8.26. The van der Waals surface area contributed by atoms with E-state index in [0.29, 0.717) is 27.7 Å². The number of thiazole rings is 1. The van der Waals surface area contributed by atoms with Crippen LogP contribution < -0.4 is 11.1 Å². The average Bonchev–Trinajstić information content (AvgIpc) is 3.05. The van der Waals surface area contributed by atoms with E-state index in [1.54, 1.807) is 29.2 Å². The van der Waals surface area contributed by atoms with Crippen molar-refractivity contribution in [3.8, 4) is 11.3 Å². The molecule has 4 N–H and O–H groups in total. The molecule has 3 aromatic rings. The van der Waals surface area contributed by atoms with Gasteiger partial charge in [-0.2, -0.15) is 0 Å². The molecular weight excluding hydrogens is 388 g/mol. The molecular formula is C15H16N8O2S2. The Bertz CT molecular complexity index is 990. The summed E-state index contributed by atoms with van der Waals surface area (Å²) in [4.78, 5) is 30.8. The number of nitrogens with two attached hydrogens (primary N) is 1. The predicted octanol–water partition coefficient (Wildman–Crippen LogP) is 1.68. The van der Waals surface area contributed by atoms with Crippen molar-refractivity contribution in [2.45, 2.75) is 36.2 Å². The van der Waals surface area contributed by atoms with E-state index in [1.807, 2.05) is 0 Å². The van der Waals surface area contributed by atoms with E-state index in [-0.39, 0.29) is 11.2 Å². The fourth-order valence-electron chi connectivity index (χ4n) is 2.38. The lowest BCUT2D eigenvalue weighted by atomic mass is 10.2. The molecule has 140 valence electrons. The normalized spacial score (nSPS) is 14.9. The molecule has 0 radical (unpaired) electrons. The first-order valence-electron chi connectivity index (χ1n) is 8.21. The molecule has 0 aliphatic heterocycles. The van der Waals surface area contributed by atoms with Crippen molar-refractivity contribution in [3.05, 3.63) is 23.3 Å². The molecule has 1 unspecified atom stereocenters. The largest absolute Gasteiger partial charge is 0.364 e. The summed E-state index contributed by atoms with van der Waals surface area (Å²) in [5, 5.41) is 17.0. The number of thioether (sulfide) groups is 1. The summed E-state index contributed by atoms with van der Waals surface area (Å²) < 4.78 is 1.78. The number of nitrogens with one attached hydrogen (secondary N) is 2. The Morgan fingerprint density at radius 3 is 3.00 bits per heavy atom. The SMILES string of the molecule is CC(Sc1nnnn1C1CC1)C(=O)Nc1nc(-c2c[nH]c(C(N)=O)c2)cs1. The van der Waals surface area contributed by atoms with Crippen molar-refractivity contribution in [2.75, 3.05) is 5.32 Å². The van der Waals surface area contributed by atoms with Gasteiger partial charge in [-0.1, -0.05) is 11.8 Å². The molecule has 2 amide bonds. The number of nitrogens with zero attached hydrogens (tertiary/aromatic N) is 5. The number of hydrogen-bond acceptors (Lipinski definition) is 8. The molecule has 1 aliphatic rings. The number of anilines is 1. The molecule has 10 nitrogen and oxygen atoms in total. The number of carbonyl (C=O) groups is 2. The smallest absolute Gasteiger partial charge is 0.265 e. The van der Waals surface area contributed by atoms with Gasteiger partial charge in [-0.15, -0.1) is 16.4 Å². The van der Waals surface area contributed by atoms with Gasteiger partial charge in [0.15, 0.2) is 5.13 Å². The number of hydrogen-bond donors (Lipinski definition) is 3. The van der Waals surface area contributed by atoms with Crippen LogP contribution in [0, 0.1) is 0 Å². The molecule has 3 aromatic heterocycles. The van der Waals surface area contributed by atoms with Crippen LogP contribution in [0.2, 0.25) is 0 Å². The van der Waals surface area contributed by atoms with Gasteiger partial charge < -0.3 is 16.0 Å². The zero-order valence-corrected chi connectivity index (χ0v) is 15.9. The fraction of sp³-hybridized carbons (Fsp3) is 0.333. The van der Waals surface area contributed by atoms with Gasteiger partial charge in [-0.25, -0.2) is 9.67 Å². The van der Waals surface area contributed by atoms with Crippen LogP contribution in [0.4, 0.5) is 5.13 Å². The van der Waals surface area contributed by atoms with E-state index in [4.69, 9.17) is 5.73 Å². The average molecular weight is 404 g/mol. The minimum Gasteiger partial charge on any atom is -0.364 e. The monoisotopic (exact) mass is 404 g/mol. The highest BCUT2D eigenvalue weighted by Crippen LogP contribution is 2.37. The van der Waals surface area contributed by atoms with Gasteiger partial charge in [0.25, 0.3) is 5.91 Å². The van der Waals surface area contributed by atoms with Crippen LogP contribution in [-0.4, -0.2) is 47.2 Å². The third kappa shape index (κ3) is 3.85. The van der Waals surface area contributed by atoms with E-state index in [9.17, 15) is 9.59 Å². The zero-order chi connectivity index (χ0) is 19.0. The first kappa shape index (κ1) is 17.7. The lowest BCUT2D eigenvalue weighted by Crippen LogP contribution is -2.22. The number of aromatic amines is 1. The summed E-state index contributed by atoms with van der Waals surface area (Å²) in [5.74, 6) is -0.720. The predicted molar refractivity (Wildman–Crippen MR) is 100 cm³/mol. The Morgan fingerprint density at radius 1 is 1.48 bits per heavy atom. The zero-order valence-electron chi connectivity index (χ0n) is 14.2. The molecule has 0 saturated heterocycles. The number of aromatic nitrogens is 6. The summed E-state index contributed by atoms with van der Waals surface area (Å²) >= 11 is 2.62. The van der Waals surface area contributed by atoms with Gasteiger partial charge in [0.1, 0.15) is 5.69 Å². The first-order valence-corrected chi connectivity index (χ1v) is 9.96. The van der Waals surface area contributed by atoms with Crippen LogP contribution in [0.3, 0.4) is 0 Å². The van der Waals surface area contributed by atoms with Crippen molar-refractivity contribution in [1.29, 1.82) is 0 Å². The first-order chi connectivity index (χ1) is 13.0. The Morgan fingerprint density at radius 2 is 2.30 bits per heavy atom. The molecule has 1 aliphatic carbocycles. The molecule has 1 atom stereocenters. The van der Waals surface area contributed by atoms with Crippen LogP contribution in [-0.2, 0) is 4.79 Å². The molecule has 1 fully saturated rings. The summed E-state index contributed by atoms with van der Waals surface area (Å²) in [5.41, 5.74) is 6.92. The van der Waals surface area contributed by atoms with E-state index in [1.165, 1.54) is 23.1 Å². The Labute approximate surface area is 161 Å². The molecule has 1 saturated carbocycles. The van der Waals surface area contributed by atoms with Gasteiger partial charge in [0, 0.05) is 17.1 Å². The van der Waals surface area contributed by atoms with E-state index >= 15 is 0 Å². The van der Waals surface area contributed by atoms with Crippen LogP contribution >= 0.6 is 23.1 Å². The van der Waals surface area contributed by atoms with Crippen molar-refractivity contribution < 1.29 is 9.59 Å². The van der Waals surface area contributed by atoms with Crippen molar-refractivity contribution >= 4 is 40.0 Å². The molecule has 4 rings (SSSR count). The van der Waals surface area contributed by atoms with Gasteiger partial charge in [0.2, 0.25) is 11.1 Å². The lowest BCUT2D eigenvalue weighted by Gasteiger charge is -2.09. The van der Waals surface area contributed by atoms with Crippen molar-refractivity contribution in [1.82, 2.24) is 30.2 Å². The molecule has 3 heterocycles. The number of tetrazole rings is 1. The van der Waals surface area contributed by atoms with Gasteiger partial charge in [-0.3, -0.25) is 9.59 Å².